The van der Waals surface area contributed by atoms with Crippen LogP contribution >= 0.6 is 0 Å². The largest absolute Gasteiger partial charge is 0.462 e. The summed E-state index contributed by atoms with van der Waals surface area (Å²) in [6.45, 7) is 6.31. The lowest BCUT2D eigenvalue weighted by Crippen LogP contribution is -2.13. The van der Waals surface area contributed by atoms with E-state index in [2.05, 4.69) is 0 Å². The molecule has 0 aliphatic carbocycles. The molecule has 0 unspecified atom stereocenters. The highest BCUT2D eigenvalue weighted by atomic mass is 16.5. The number of carbonyl (C=O) groups excluding carboxylic acids is 2. The van der Waals surface area contributed by atoms with Gasteiger partial charge in [-0.25, -0.2) is 9.59 Å². The SMILES string of the molecule is CCCOC(=O)c1coc(-c2cccc(C)c2)c1C(=O)OCCC. The number of benzene rings is 1. The third kappa shape index (κ3) is 4.04. The molecule has 0 aliphatic heterocycles. The molecule has 0 N–H and O–H groups in total. The van der Waals surface area contributed by atoms with E-state index in [1.807, 2.05) is 45.0 Å². The Labute approximate surface area is 141 Å². The van der Waals surface area contributed by atoms with Crippen LogP contribution in [0.2, 0.25) is 0 Å². The molecule has 1 aromatic carbocycles. The number of ether oxygens (including phenoxy) is 2. The van der Waals surface area contributed by atoms with Gasteiger partial charge in [0.1, 0.15) is 23.2 Å². The summed E-state index contributed by atoms with van der Waals surface area (Å²) >= 11 is 0. The van der Waals surface area contributed by atoms with Crippen molar-refractivity contribution in [3.8, 4) is 11.3 Å². The highest BCUT2D eigenvalue weighted by molar-refractivity contribution is 6.07. The maximum absolute atomic E-state index is 12.5. The van der Waals surface area contributed by atoms with Crippen molar-refractivity contribution < 1.29 is 23.5 Å². The zero-order chi connectivity index (χ0) is 17.5. The quantitative estimate of drug-likeness (QED) is 0.704. The number of rotatable bonds is 7. The van der Waals surface area contributed by atoms with E-state index in [1.54, 1.807) is 0 Å². The van der Waals surface area contributed by atoms with Crippen molar-refractivity contribution in [2.24, 2.45) is 0 Å². The zero-order valence-electron chi connectivity index (χ0n) is 14.3. The lowest BCUT2D eigenvalue weighted by atomic mass is 10.0. The van der Waals surface area contributed by atoms with Gasteiger partial charge in [0.05, 0.1) is 13.2 Å². The van der Waals surface area contributed by atoms with Crippen LogP contribution in [0, 0.1) is 6.92 Å². The van der Waals surface area contributed by atoms with Gasteiger partial charge in [-0.3, -0.25) is 0 Å². The van der Waals surface area contributed by atoms with E-state index < -0.39 is 11.9 Å². The minimum absolute atomic E-state index is 0.0982. The molecule has 0 aliphatic rings. The maximum atomic E-state index is 12.5. The molecule has 2 aromatic rings. The summed E-state index contributed by atoms with van der Waals surface area (Å²) in [7, 11) is 0. The molecule has 0 radical (unpaired) electrons. The zero-order valence-corrected chi connectivity index (χ0v) is 14.3. The monoisotopic (exact) mass is 330 g/mol. The van der Waals surface area contributed by atoms with Gasteiger partial charge in [0.2, 0.25) is 0 Å². The molecule has 5 nitrogen and oxygen atoms in total. The topological polar surface area (TPSA) is 65.7 Å². The van der Waals surface area contributed by atoms with Crippen molar-refractivity contribution >= 4 is 11.9 Å². The van der Waals surface area contributed by atoms with E-state index >= 15 is 0 Å². The summed E-state index contributed by atoms with van der Waals surface area (Å²) in [5, 5.41) is 0. The van der Waals surface area contributed by atoms with Gasteiger partial charge in [-0.05, 0) is 25.8 Å². The molecule has 24 heavy (non-hydrogen) atoms. The van der Waals surface area contributed by atoms with Crippen molar-refractivity contribution in [1.82, 2.24) is 0 Å². The van der Waals surface area contributed by atoms with Crippen molar-refractivity contribution in [3.63, 3.8) is 0 Å². The third-order valence-corrected chi connectivity index (χ3v) is 3.37. The van der Waals surface area contributed by atoms with E-state index in [0.717, 1.165) is 5.56 Å². The Morgan fingerprint density at radius 3 is 2.33 bits per heavy atom. The fraction of sp³-hybridized carbons (Fsp3) is 0.368. The summed E-state index contributed by atoms with van der Waals surface area (Å²) in [4.78, 5) is 24.7. The molecule has 2 rings (SSSR count). The lowest BCUT2D eigenvalue weighted by Gasteiger charge is -2.07. The summed E-state index contributed by atoms with van der Waals surface area (Å²) < 4.78 is 15.9. The Bertz CT molecular complexity index is 714. The molecular formula is C19H22O5. The lowest BCUT2D eigenvalue weighted by molar-refractivity contribution is 0.0460. The smallest absolute Gasteiger partial charge is 0.342 e. The van der Waals surface area contributed by atoms with E-state index in [0.29, 0.717) is 24.2 Å². The molecule has 0 fully saturated rings. The van der Waals surface area contributed by atoms with Crippen molar-refractivity contribution in [2.45, 2.75) is 33.6 Å². The predicted molar refractivity (Wildman–Crippen MR) is 90.0 cm³/mol. The minimum atomic E-state index is -0.581. The van der Waals surface area contributed by atoms with Gasteiger partial charge in [0, 0.05) is 5.56 Å². The number of hydrogen-bond donors (Lipinski definition) is 0. The van der Waals surface area contributed by atoms with Crippen LogP contribution in [0.15, 0.2) is 34.9 Å². The van der Waals surface area contributed by atoms with Crippen LogP contribution in [-0.4, -0.2) is 25.2 Å². The molecule has 0 saturated carbocycles. The van der Waals surface area contributed by atoms with Crippen molar-refractivity contribution in [1.29, 1.82) is 0 Å². The third-order valence-electron chi connectivity index (χ3n) is 3.37. The van der Waals surface area contributed by atoms with E-state index in [-0.39, 0.29) is 24.3 Å². The normalized spacial score (nSPS) is 10.5. The first-order valence-electron chi connectivity index (χ1n) is 8.11. The Morgan fingerprint density at radius 2 is 1.71 bits per heavy atom. The summed E-state index contributed by atoms with van der Waals surface area (Å²) in [5.74, 6) is -0.836. The fourth-order valence-corrected chi connectivity index (χ4v) is 2.25. The Kier molecular flexibility index (Phi) is 6.18. The fourth-order valence-electron chi connectivity index (χ4n) is 2.25. The Hall–Kier alpha value is -2.56. The summed E-state index contributed by atoms with van der Waals surface area (Å²) in [6.07, 6.45) is 2.65. The molecule has 0 amide bonds. The van der Waals surface area contributed by atoms with Crippen LogP contribution in [0.3, 0.4) is 0 Å². The van der Waals surface area contributed by atoms with Gasteiger partial charge in [0.15, 0.2) is 0 Å². The highest BCUT2D eigenvalue weighted by Gasteiger charge is 2.28. The van der Waals surface area contributed by atoms with Crippen LogP contribution in [0.25, 0.3) is 11.3 Å². The van der Waals surface area contributed by atoms with Crippen LogP contribution in [0.1, 0.15) is 53.0 Å². The van der Waals surface area contributed by atoms with Crippen LogP contribution < -0.4 is 0 Å². The predicted octanol–water partition coefficient (Wildman–Crippen LogP) is 4.39. The maximum Gasteiger partial charge on any atom is 0.342 e. The number of esters is 2. The second-order valence-electron chi connectivity index (χ2n) is 5.49. The second kappa shape index (κ2) is 8.34. The molecule has 0 spiro atoms. The standard InChI is InChI=1S/C19H22O5/c1-4-9-22-18(20)15-12-24-17(14-8-6-7-13(3)11-14)16(15)19(21)23-10-5-2/h6-8,11-12H,4-5,9-10H2,1-3H3. The Morgan fingerprint density at radius 1 is 1.04 bits per heavy atom. The first-order valence-corrected chi connectivity index (χ1v) is 8.11. The van der Waals surface area contributed by atoms with Gasteiger partial charge in [-0.2, -0.15) is 0 Å². The van der Waals surface area contributed by atoms with E-state index in [1.165, 1.54) is 6.26 Å². The molecule has 0 bridgehead atoms. The van der Waals surface area contributed by atoms with Gasteiger partial charge in [-0.1, -0.05) is 37.6 Å². The first-order chi connectivity index (χ1) is 11.6. The first kappa shape index (κ1) is 17.8. The molecule has 128 valence electrons. The number of carbonyl (C=O) groups is 2. The summed E-state index contributed by atoms with van der Waals surface area (Å²) in [6, 6.07) is 7.52. The van der Waals surface area contributed by atoms with Crippen LogP contribution in [-0.2, 0) is 9.47 Å². The van der Waals surface area contributed by atoms with E-state index in [9.17, 15) is 9.59 Å². The number of hydrogen-bond acceptors (Lipinski definition) is 5. The van der Waals surface area contributed by atoms with Gasteiger partial charge in [0.25, 0.3) is 0 Å². The van der Waals surface area contributed by atoms with Crippen LogP contribution in [0.4, 0.5) is 0 Å². The average molecular weight is 330 g/mol. The van der Waals surface area contributed by atoms with Crippen molar-refractivity contribution in [2.75, 3.05) is 13.2 Å². The molecule has 1 heterocycles. The van der Waals surface area contributed by atoms with Crippen molar-refractivity contribution in [3.05, 3.63) is 47.2 Å². The average Bonchev–Trinajstić information content (AvgIpc) is 3.02. The van der Waals surface area contributed by atoms with Gasteiger partial charge in [-0.15, -0.1) is 0 Å². The molecular weight excluding hydrogens is 308 g/mol. The minimum Gasteiger partial charge on any atom is -0.462 e. The van der Waals surface area contributed by atoms with Gasteiger partial charge < -0.3 is 13.9 Å². The molecule has 0 saturated heterocycles. The summed E-state index contributed by atoms with van der Waals surface area (Å²) in [5.41, 5.74) is 1.95. The Balaban J connectivity index is 2.45. The number of furan rings is 1. The van der Waals surface area contributed by atoms with Crippen LogP contribution in [0.5, 0.6) is 0 Å². The van der Waals surface area contributed by atoms with E-state index in [4.69, 9.17) is 13.9 Å². The van der Waals surface area contributed by atoms with Gasteiger partial charge >= 0.3 is 11.9 Å². The number of aryl methyl sites for hydroxylation is 1. The second-order valence-corrected chi connectivity index (χ2v) is 5.49. The molecule has 0 atom stereocenters. The highest BCUT2D eigenvalue weighted by Crippen LogP contribution is 2.30. The molecule has 1 aromatic heterocycles. The molecule has 5 heteroatoms.